The summed E-state index contributed by atoms with van der Waals surface area (Å²) in [6.45, 7) is -0.525. The van der Waals surface area contributed by atoms with Crippen LogP contribution in [0.5, 0.6) is 0 Å². The van der Waals surface area contributed by atoms with Crippen molar-refractivity contribution >= 4 is 27.5 Å². The maximum atomic E-state index is 11.0. The van der Waals surface area contributed by atoms with E-state index in [4.69, 9.17) is 29.7 Å². The van der Waals surface area contributed by atoms with Crippen LogP contribution in [0, 0.1) is 0 Å². The number of nitrogens with two attached hydrogens (primary N) is 1. The highest BCUT2D eigenvalue weighted by Gasteiger charge is 2.44. The third-order valence-corrected chi connectivity index (χ3v) is 4.46. The summed E-state index contributed by atoms with van der Waals surface area (Å²) in [5.74, 6) is 0.159. The molecule has 0 bridgehead atoms. The predicted octanol–water partition coefficient (Wildman–Crippen LogP) is -0.319. The molecule has 0 aliphatic carbocycles. The molecule has 1 fully saturated rings. The van der Waals surface area contributed by atoms with Crippen LogP contribution in [0.15, 0.2) is 12.5 Å². The highest BCUT2D eigenvalue weighted by Crippen LogP contribution is 2.41. The van der Waals surface area contributed by atoms with Gasteiger partial charge in [-0.15, -0.1) is 9.42 Å². The van der Waals surface area contributed by atoms with E-state index >= 15 is 0 Å². The van der Waals surface area contributed by atoms with Crippen molar-refractivity contribution in [2.45, 2.75) is 24.7 Å². The van der Waals surface area contributed by atoms with Gasteiger partial charge in [0.05, 0.1) is 18.5 Å². The zero-order valence-electron chi connectivity index (χ0n) is 12.4. The third kappa shape index (κ3) is 4.17. The fourth-order valence-electron chi connectivity index (χ4n) is 2.52. The number of fused-ring (bicyclic) bond motifs is 1. The second kappa shape index (κ2) is 6.98. The summed E-state index contributed by atoms with van der Waals surface area (Å²) >= 11 is 0. The lowest BCUT2D eigenvalue weighted by molar-refractivity contribution is -0.0184. The fraction of sp³-hybridized carbons (Fsp3) is 0.500. The molecular weight excluding hydrogens is 380 g/mol. The molecule has 1 aliphatic rings. The average molecular weight is 394 g/mol. The molecule has 5 N–H and O–H groups in total. The number of aromatic nitrogens is 4. The largest absolute Gasteiger partial charge is 0.695 e. The smallest absolute Gasteiger partial charge is 0.381 e. The first-order valence-corrected chi connectivity index (χ1v) is 9.53. The molecule has 1 unspecified atom stereocenters. The van der Waals surface area contributed by atoms with Gasteiger partial charge in [0.25, 0.3) is 0 Å². The molecule has 3 rings (SSSR count). The Morgan fingerprint density at radius 3 is 2.92 bits per heavy atom. The Bertz CT molecular complexity index is 840. The normalized spacial score (nSPS) is 24.8. The van der Waals surface area contributed by atoms with Gasteiger partial charge in [0, 0.05) is 11.0 Å². The highest BCUT2D eigenvalue weighted by molar-refractivity contribution is 7.46. The summed E-state index contributed by atoms with van der Waals surface area (Å²) in [6, 6.07) is 0. The maximum Gasteiger partial charge on any atom is 0.695 e. The van der Waals surface area contributed by atoms with Gasteiger partial charge in [0.15, 0.2) is 11.5 Å². The molecule has 0 radical (unpaired) electrons. The number of hydrogen-bond donors (Lipinski definition) is 4. The van der Waals surface area contributed by atoms with Crippen molar-refractivity contribution in [3.63, 3.8) is 0 Å². The summed E-state index contributed by atoms with van der Waals surface area (Å²) < 4.78 is 38.2. The van der Waals surface area contributed by atoms with Gasteiger partial charge in [-0.2, -0.15) is 5.10 Å². The van der Waals surface area contributed by atoms with E-state index in [0.29, 0.717) is 11.3 Å². The Kier molecular flexibility index (Phi) is 5.09. The van der Waals surface area contributed by atoms with Crippen LogP contribution in [0.3, 0.4) is 0 Å². The molecule has 0 saturated carbocycles. The number of imidazole rings is 1. The molecule has 25 heavy (non-hydrogen) atoms. The Hall–Kier alpha value is -1.56. The molecule has 4 atom stereocenters. The van der Waals surface area contributed by atoms with Gasteiger partial charge in [-0.1, -0.05) is 0 Å². The summed E-state index contributed by atoms with van der Waals surface area (Å²) in [7, 11) is -7.67. The van der Waals surface area contributed by atoms with Crippen molar-refractivity contribution in [1.29, 1.82) is 0 Å². The number of phosphoric acid groups is 1. The van der Waals surface area contributed by atoms with E-state index in [1.807, 2.05) is 0 Å². The summed E-state index contributed by atoms with van der Waals surface area (Å²) in [5, 5.41) is 4.02. The summed E-state index contributed by atoms with van der Waals surface area (Å²) in [4.78, 5) is 34.5. The Labute approximate surface area is 140 Å². The molecule has 1 saturated heterocycles. The molecule has 0 amide bonds. The SMILES string of the molecule is Nc1ncnn2c([C@H]3C[C@H](O[P+](=O)O)[C@@H](COP(=O)(O)O)O3)cnc12. The number of hydrogen-bond acceptors (Lipinski definition) is 9. The van der Waals surface area contributed by atoms with E-state index in [9.17, 15) is 9.13 Å². The van der Waals surface area contributed by atoms with Crippen LogP contribution in [-0.4, -0.2) is 53.1 Å². The zero-order chi connectivity index (χ0) is 18.2. The van der Waals surface area contributed by atoms with E-state index in [1.165, 1.54) is 17.0 Å². The Morgan fingerprint density at radius 1 is 1.48 bits per heavy atom. The van der Waals surface area contributed by atoms with E-state index in [-0.39, 0.29) is 12.2 Å². The molecule has 136 valence electrons. The highest BCUT2D eigenvalue weighted by atomic mass is 31.2. The van der Waals surface area contributed by atoms with Crippen molar-refractivity contribution in [3.05, 3.63) is 18.2 Å². The van der Waals surface area contributed by atoms with Gasteiger partial charge in [-0.05, 0) is 0 Å². The Balaban J connectivity index is 1.83. The van der Waals surface area contributed by atoms with Crippen LogP contribution < -0.4 is 5.73 Å². The number of anilines is 1. The minimum atomic E-state index is -4.73. The average Bonchev–Trinajstić information content (AvgIpc) is 3.08. The standard InChI is InChI=1S/C10H13N5O8P2/c11-9-10-12-2-5(15(10)14-4-13-9)6-1-7(23-24(16)17)8(22-6)3-21-25(18,19)20/h2,4,6-8H,1,3H2,(H4-,11,13,14,16,17,18,19,20)/p+1/t6-,7+,8-/m1/s1. The van der Waals surface area contributed by atoms with Gasteiger partial charge >= 0.3 is 16.1 Å². The van der Waals surface area contributed by atoms with Gasteiger partial charge in [0.1, 0.15) is 24.6 Å². The molecule has 1 aliphatic heterocycles. The number of ether oxygens (including phenoxy) is 1. The molecule has 0 aromatic carbocycles. The quantitative estimate of drug-likeness (QED) is 0.468. The van der Waals surface area contributed by atoms with E-state index < -0.39 is 41.0 Å². The first kappa shape index (κ1) is 18.2. The summed E-state index contributed by atoms with van der Waals surface area (Å²) in [6.07, 6.45) is 0.232. The molecule has 0 spiro atoms. The lowest BCUT2D eigenvalue weighted by Gasteiger charge is -2.15. The molecule has 2 aromatic heterocycles. The van der Waals surface area contributed by atoms with Crippen molar-refractivity contribution in [3.8, 4) is 0 Å². The van der Waals surface area contributed by atoms with Crippen LogP contribution in [0.1, 0.15) is 18.2 Å². The lowest BCUT2D eigenvalue weighted by Crippen LogP contribution is -2.27. The minimum Gasteiger partial charge on any atom is -0.381 e. The minimum absolute atomic E-state index is 0.120. The van der Waals surface area contributed by atoms with Crippen LogP contribution in [-0.2, 0) is 22.9 Å². The Morgan fingerprint density at radius 2 is 2.24 bits per heavy atom. The van der Waals surface area contributed by atoms with E-state index in [1.54, 1.807) is 0 Å². The summed E-state index contributed by atoms with van der Waals surface area (Å²) in [5.41, 5.74) is 6.49. The maximum absolute atomic E-state index is 11.0. The second-order valence-electron chi connectivity index (χ2n) is 5.13. The molecule has 13 nitrogen and oxygen atoms in total. The first-order chi connectivity index (χ1) is 11.7. The van der Waals surface area contributed by atoms with Gasteiger partial charge in [0.2, 0.25) is 0 Å². The molecule has 2 aromatic rings. The van der Waals surface area contributed by atoms with E-state index in [2.05, 4.69) is 19.6 Å². The molecule has 15 heteroatoms. The molecular formula is C10H14N5O8P2+. The lowest BCUT2D eigenvalue weighted by atomic mass is 10.1. The number of phosphoric ester groups is 1. The molecule has 3 heterocycles. The van der Waals surface area contributed by atoms with Crippen molar-refractivity contribution in [1.82, 2.24) is 19.6 Å². The monoisotopic (exact) mass is 394 g/mol. The van der Waals surface area contributed by atoms with E-state index in [0.717, 1.165) is 0 Å². The van der Waals surface area contributed by atoms with Crippen molar-refractivity contribution in [2.75, 3.05) is 12.3 Å². The van der Waals surface area contributed by atoms with Crippen molar-refractivity contribution < 1.29 is 37.6 Å². The van der Waals surface area contributed by atoms with Gasteiger partial charge in [-0.3, -0.25) is 4.52 Å². The van der Waals surface area contributed by atoms with Crippen LogP contribution >= 0.6 is 16.1 Å². The van der Waals surface area contributed by atoms with Gasteiger partial charge < -0.3 is 20.3 Å². The van der Waals surface area contributed by atoms with Crippen LogP contribution in [0.25, 0.3) is 5.65 Å². The fourth-order valence-corrected chi connectivity index (χ4v) is 3.32. The second-order valence-corrected chi connectivity index (χ2v) is 7.06. The van der Waals surface area contributed by atoms with Crippen molar-refractivity contribution in [2.24, 2.45) is 0 Å². The van der Waals surface area contributed by atoms with Crippen LogP contribution in [0.4, 0.5) is 5.82 Å². The zero-order valence-corrected chi connectivity index (χ0v) is 14.2. The number of nitrogens with zero attached hydrogens (tertiary/aromatic N) is 4. The first-order valence-electron chi connectivity index (χ1n) is 6.87. The number of rotatable bonds is 6. The van der Waals surface area contributed by atoms with Crippen LogP contribution in [0.2, 0.25) is 0 Å². The number of nitrogen functional groups attached to an aromatic ring is 1. The third-order valence-electron chi connectivity index (χ3n) is 3.52. The van der Waals surface area contributed by atoms with Gasteiger partial charge in [-0.25, -0.2) is 19.0 Å². The predicted molar refractivity (Wildman–Crippen MR) is 80.1 cm³/mol. The topological polar surface area (TPSA) is 192 Å².